The molecule has 0 fully saturated rings. The van der Waals surface area contributed by atoms with Crippen molar-refractivity contribution in [2.24, 2.45) is 0 Å². The van der Waals surface area contributed by atoms with Crippen LogP contribution in [0.15, 0.2) is 0 Å². The zero-order valence-corrected chi connectivity index (χ0v) is 11.0. The van der Waals surface area contributed by atoms with E-state index in [0.717, 1.165) is 0 Å². The summed E-state index contributed by atoms with van der Waals surface area (Å²) < 4.78 is 4.76. The first-order chi connectivity index (χ1) is 8.42. The third-order valence-electron chi connectivity index (χ3n) is 2.27. The molecular weight excluding hydrogens is 240 g/mol. The largest absolute Gasteiger partial charge is 0.481 e. The number of aliphatic carboxylic acids is 1. The van der Waals surface area contributed by atoms with Crippen molar-refractivity contribution in [1.82, 2.24) is 9.80 Å². The van der Waals surface area contributed by atoms with Gasteiger partial charge in [0.2, 0.25) is 0 Å². The second-order valence-electron chi connectivity index (χ2n) is 3.67. The summed E-state index contributed by atoms with van der Waals surface area (Å²) in [4.78, 5) is 36.1. The van der Waals surface area contributed by atoms with Gasteiger partial charge in [-0.3, -0.25) is 9.59 Å². The number of amides is 2. The monoisotopic (exact) mass is 260 g/mol. The van der Waals surface area contributed by atoms with E-state index in [0.29, 0.717) is 6.54 Å². The quantitative estimate of drug-likeness (QED) is 0.669. The van der Waals surface area contributed by atoms with E-state index in [-0.39, 0.29) is 32.1 Å². The fourth-order valence-corrected chi connectivity index (χ4v) is 1.28. The number of carboxylic acids is 1. The van der Waals surface area contributed by atoms with Crippen molar-refractivity contribution in [3.63, 3.8) is 0 Å². The zero-order chi connectivity index (χ0) is 14.1. The van der Waals surface area contributed by atoms with Crippen LogP contribution >= 0.6 is 0 Å². The van der Waals surface area contributed by atoms with Crippen molar-refractivity contribution in [3.8, 4) is 0 Å². The van der Waals surface area contributed by atoms with Gasteiger partial charge in [-0.25, -0.2) is 4.79 Å². The highest BCUT2D eigenvalue weighted by molar-refractivity contribution is 5.81. The minimum absolute atomic E-state index is 0.105. The molecule has 0 atom stereocenters. The summed E-state index contributed by atoms with van der Waals surface area (Å²) in [5.41, 5.74) is 0. The maximum absolute atomic E-state index is 11.9. The molecule has 0 aromatic carbocycles. The highest BCUT2D eigenvalue weighted by Gasteiger charge is 2.20. The Hall–Kier alpha value is -1.79. The van der Waals surface area contributed by atoms with E-state index in [1.165, 1.54) is 16.8 Å². The van der Waals surface area contributed by atoms with Crippen molar-refractivity contribution in [2.75, 3.05) is 33.3 Å². The molecule has 0 aliphatic rings. The Balaban J connectivity index is 4.32. The summed E-state index contributed by atoms with van der Waals surface area (Å²) in [6.07, 6.45) is -0.126. The van der Waals surface area contributed by atoms with E-state index in [2.05, 4.69) is 0 Å². The molecule has 0 aliphatic heterocycles. The summed E-state index contributed by atoms with van der Waals surface area (Å²) >= 11 is 0. The van der Waals surface area contributed by atoms with Crippen LogP contribution in [0.1, 0.15) is 20.3 Å². The standard InChI is InChI=1S/C11H20N2O5/c1-4-13(8-10(16)18-5-2)11(17)12(3)7-6-9(14)15/h4-8H2,1-3H3,(H,14,15). The van der Waals surface area contributed by atoms with Crippen LogP contribution < -0.4 is 0 Å². The predicted octanol–water partition coefficient (Wildman–Crippen LogP) is 0.398. The Labute approximate surface area is 106 Å². The molecule has 2 amide bonds. The van der Waals surface area contributed by atoms with E-state index >= 15 is 0 Å². The van der Waals surface area contributed by atoms with Crippen molar-refractivity contribution in [1.29, 1.82) is 0 Å². The number of urea groups is 1. The number of ether oxygens (including phenoxy) is 1. The first-order valence-corrected chi connectivity index (χ1v) is 5.79. The molecule has 0 rings (SSSR count). The summed E-state index contributed by atoms with van der Waals surface area (Å²) in [6.45, 7) is 4.03. The molecule has 104 valence electrons. The van der Waals surface area contributed by atoms with Crippen LogP contribution in [0.5, 0.6) is 0 Å². The maximum atomic E-state index is 11.9. The number of rotatable bonds is 7. The van der Waals surface area contributed by atoms with Crippen molar-refractivity contribution in [2.45, 2.75) is 20.3 Å². The van der Waals surface area contributed by atoms with Gasteiger partial charge < -0.3 is 19.6 Å². The van der Waals surface area contributed by atoms with E-state index in [9.17, 15) is 14.4 Å². The van der Waals surface area contributed by atoms with Crippen molar-refractivity contribution >= 4 is 18.0 Å². The fourth-order valence-electron chi connectivity index (χ4n) is 1.28. The molecule has 0 aromatic rings. The molecule has 0 unspecified atom stereocenters. The Morgan fingerprint density at radius 2 is 1.83 bits per heavy atom. The topological polar surface area (TPSA) is 87.2 Å². The number of esters is 1. The fraction of sp³-hybridized carbons (Fsp3) is 0.727. The minimum Gasteiger partial charge on any atom is -0.481 e. The van der Waals surface area contributed by atoms with E-state index in [1.807, 2.05) is 0 Å². The van der Waals surface area contributed by atoms with Gasteiger partial charge in [-0.1, -0.05) is 0 Å². The number of nitrogens with zero attached hydrogens (tertiary/aromatic N) is 2. The summed E-state index contributed by atoms with van der Waals surface area (Å²) in [6, 6.07) is -0.383. The molecule has 0 spiro atoms. The average Bonchev–Trinajstić information content (AvgIpc) is 2.32. The van der Waals surface area contributed by atoms with E-state index in [4.69, 9.17) is 9.84 Å². The molecule has 7 heteroatoms. The normalized spacial score (nSPS) is 9.72. The summed E-state index contributed by atoms with van der Waals surface area (Å²) in [5.74, 6) is -1.44. The van der Waals surface area contributed by atoms with Gasteiger partial charge >= 0.3 is 18.0 Å². The zero-order valence-electron chi connectivity index (χ0n) is 11.0. The van der Waals surface area contributed by atoms with Crippen molar-refractivity contribution < 1.29 is 24.2 Å². The molecule has 7 nitrogen and oxygen atoms in total. The second-order valence-corrected chi connectivity index (χ2v) is 3.67. The van der Waals surface area contributed by atoms with Gasteiger partial charge in [-0.2, -0.15) is 0 Å². The second kappa shape index (κ2) is 8.32. The van der Waals surface area contributed by atoms with Gasteiger partial charge in [0.1, 0.15) is 6.54 Å². The molecule has 0 saturated carbocycles. The third-order valence-corrected chi connectivity index (χ3v) is 2.27. The Morgan fingerprint density at radius 3 is 2.28 bits per heavy atom. The SMILES string of the molecule is CCOC(=O)CN(CC)C(=O)N(C)CCC(=O)O. The molecule has 18 heavy (non-hydrogen) atoms. The summed E-state index contributed by atoms with van der Waals surface area (Å²) in [5, 5.41) is 8.53. The molecule has 0 saturated heterocycles. The van der Waals surface area contributed by atoms with Gasteiger partial charge in [-0.05, 0) is 13.8 Å². The number of carboxylic acid groups (broad SMARTS) is 1. The van der Waals surface area contributed by atoms with E-state index < -0.39 is 11.9 Å². The van der Waals surface area contributed by atoms with Crippen LogP contribution in [0.25, 0.3) is 0 Å². The first-order valence-electron chi connectivity index (χ1n) is 5.79. The number of hydrogen-bond acceptors (Lipinski definition) is 4. The van der Waals surface area contributed by atoms with Crippen LogP contribution in [-0.4, -0.2) is 66.2 Å². The summed E-state index contributed by atoms with van der Waals surface area (Å²) in [7, 11) is 1.50. The Bertz CT molecular complexity index is 306. The number of carbonyl (C=O) groups excluding carboxylic acids is 2. The maximum Gasteiger partial charge on any atom is 0.325 e. The number of hydrogen-bond donors (Lipinski definition) is 1. The number of carbonyl (C=O) groups is 3. The molecule has 0 heterocycles. The Kier molecular flexibility index (Phi) is 7.50. The first kappa shape index (κ1) is 16.2. The molecular formula is C11H20N2O5. The van der Waals surface area contributed by atoms with Crippen LogP contribution in [0.2, 0.25) is 0 Å². The minimum atomic E-state index is -0.969. The Morgan fingerprint density at radius 1 is 1.22 bits per heavy atom. The molecule has 0 aromatic heterocycles. The molecule has 0 aliphatic carbocycles. The lowest BCUT2D eigenvalue weighted by molar-refractivity contribution is -0.144. The lowest BCUT2D eigenvalue weighted by Gasteiger charge is -2.26. The van der Waals surface area contributed by atoms with E-state index in [1.54, 1.807) is 13.8 Å². The third kappa shape index (κ3) is 6.07. The molecule has 1 N–H and O–H groups in total. The predicted molar refractivity (Wildman–Crippen MR) is 64.2 cm³/mol. The van der Waals surface area contributed by atoms with Crippen molar-refractivity contribution in [3.05, 3.63) is 0 Å². The highest BCUT2D eigenvalue weighted by atomic mass is 16.5. The molecule has 0 bridgehead atoms. The van der Waals surface area contributed by atoms with Gasteiger partial charge in [0.25, 0.3) is 0 Å². The van der Waals surface area contributed by atoms with Gasteiger partial charge in [0.05, 0.1) is 13.0 Å². The van der Waals surface area contributed by atoms with Crippen LogP contribution in [0.4, 0.5) is 4.79 Å². The van der Waals surface area contributed by atoms with Crippen LogP contribution in [0, 0.1) is 0 Å². The molecule has 0 radical (unpaired) electrons. The van der Waals surface area contributed by atoms with Gasteiger partial charge in [0, 0.05) is 20.1 Å². The smallest absolute Gasteiger partial charge is 0.325 e. The number of likely N-dealkylation sites (N-methyl/N-ethyl adjacent to an activating group) is 1. The van der Waals surface area contributed by atoms with Gasteiger partial charge in [-0.15, -0.1) is 0 Å². The van der Waals surface area contributed by atoms with Crippen LogP contribution in [0.3, 0.4) is 0 Å². The van der Waals surface area contributed by atoms with Crippen LogP contribution in [-0.2, 0) is 14.3 Å². The highest BCUT2D eigenvalue weighted by Crippen LogP contribution is 1.99. The van der Waals surface area contributed by atoms with Gasteiger partial charge in [0.15, 0.2) is 0 Å². The average molecular weight is 260 g/mol. The lowest BCUT2D eigenvalue weighted by atomic mass is 10.4. The lowest BCUT2D eigenvalue weighted by Crippen LogP contribution is -2.44.